The highest BCUT2D eigenvalue weighted by atomic mass is 32.2. The summed E-state index contributed by atoms with van der Waals surface area (Å²) in [6.07, 6.45) is 0.796. The molecule has 0 saturated carbocycles. The maximum Gasteiger partial charge on any atom is 0.252 e. The highest BCUT2D eigenvalue weighted by Gasteiger charge is 2.15. The van der Waals surface area contributed by atoms with Crippen LogP contribution in [-0.2, 0) is 18.3 Å². The summed E-state index contributed by atoms with van der Waals surface area (Å²) in [6, 6.07) is 3.68. The first-order valence-electron chi connectivity index (χ1n) is 8.57. The van der Waals surface area contributed by atoms with Gasteiger partial charge in [-0.1, -0.05) is 18.7 Å². The van der Waals surface area contributed by atoms with Crippen LogP contribution in [0.15, 0.2) is 17.3 Å². The number of carbonyl (C=O) groups excluding carboxylic acids is 1. The Balaban J connectivity index is 1.73. The largest absolute Gasteiger partial charge is 0.310 e. The van der Waals surface area contributed by atoms with Crippen molar-refractivity contribution in [2.75, 3.05) is 11.1 Å². The molecule has 3 heterocycles. The van der Waals surface area contributed by atoms with Gasteiger partial charge in [-0.25, -0.2) is 9.97 Å². The molecule has 142 valence electrons. The highest BCUT2D eigenvalue weighted by molar-refractivity contribution is 7.99. The average Bonchev–Trinajstić information content (AvgIpc) is 3.14. The third-order valence-electron chi connectivity index (χ3n) is 3.83. The van der Waals surface area contributed by atoms with Gasteiger partial charge in [-0.3, -0.25) is 4.79 Å². The van der Waals surface area contributed by atoms with E-state index in [1.54, 1.807) is 10.7 Å². The summed E-state index contributed by atoms with van der Waals surface area (Å²) in [6.45, 7) is 7.67. The Hall–Kier alpha value is -2.75. The number of hydrogen-bond acceptors (Lipinski definition) is 7. The predicted octanol–water partition coefficient (Wildman–Crippen LogP) is 2.01. The van der Waals surface area contributed by atoms with Gasteiger partial charge in [0.15, 0.2) is 5.16 Å². The Morgan fingerprint density at radius 3 is 2.44 bits per heavy atom. The van der Waals surface area contributed by atoms with E-state index in [0.717, 1.165) is 29.3 Å². The van der Waals surface area contributed by atoms with Crippen LogP contribution in [-0.4, -0.2) is 46.2 Å². The number of thioether (sulfide) groups is 1. The molecule has 0 fully saturated rings. The standard InChI is InChI=1S/C17H22N8OS/c1-6-13-21-22-17(24(13)5)27-9-15(26)20-14-8-12(4)23-25(14)16-18-10(2)7-11(3)19-16/h7-8H,6,9H2,1-5H3,(H,20,26). The minimum atomic E-state index is -0.161. The molecule has 0 aliphatic carbocycles. The maximum atomic E-state index is 12.4. The molecule has 0 saturated heterocycles. The monoisotopic (exact) mass is 386 g/mol. The molecule has 3 aromatic heterocycles. The Morgan fingerprint density at radius 1 is 1.11 bits per heavy atom. The smallest absolute Gasteiger partial charge is 0.252 e. The molecular weight excluding hydrogens is 364 g/mol. The number of aromatic nitrogens is 7. The van der Waals surface area contributed by atoms with Crippen molar-refractivity contribution in [1.82, 2.24) is 34.5 Å². The van der Waals surface area contributed by atoms with Gasteiger partial charge in [-0.05, 0) is 26.8 Å². The first-order valence-corrected chi connectivity index (χ1v) is 9.56. The van der Waals surface area contributed by atoms with Crippen molar-refractivity contribution in [1.29, 1.82) is 0 Å². The molecule has 1 amide bonds. The van der Waals surface area contributed by atoms with Crippen LogP contribution in [0.1, 0.15) is 29.8 Å². The normalized spacial score (nSPS) is 11.0. The van der Waals surface area contributed by atoms with Crippen LogP contribution in [0.3, 0.4) is 0 Å². The average molecular weight is 386 g/mol. The fourth-order valence-corrected chi connectivity index (χ4v) is 3.36. The molecule has 0 spiro atoms. The van der Waals surface area contributed by atoms with Gasteiger partial charge in [-0.15, -0.1) is 10.2 Å². The van der Waals surface area contributed by atoms with Gasteiger partial charge in [0.25, 0.3) is 5.95 Å². The molecule has 27 heavy (non-hydrogen) atoms. The topological polar surface area (TPSA) is 103 Å². The fraction of sp³-hybridized carbons (Fsp3) is 0.412. The van der Waals surface area contributed by atoms with Gasteiger partial charge in [0.2, 0.25) is 5.91 Å². The van der Waals surface area contributed by atoms with E-state index in [-0.39, 0.29) is 11.7 Å². The molecule has 3 aromatic rings. The zero-order chi connectivity index (χ0) is 19.6. The second-order valence-electron chi connectivity index (χ2n) is 6.18. The first kappa shape index (κ1) is 19.0. The summed E-state index contributed by atoms with van der Waals surface area (Å²) in [4.78, 5) is 21.3. The van der Waals surface area contributed by atoms with Crippen molar-refractivity contribution in [3.63, 3.8) is 0 Å². The van der Waals surface area contributed by atoms with E-state index in [9.17, 15) is 4.79 Å². The Bertz CT molecular complexity index is 957. The van der Waals surface area contributed by atoms with Crippen molar-refractivity contribution < 1.29 is 4.79 Å². The predicted molar refractivity (Wildman–Crippen MR) is 103 cm³/mol. The molecular formula is C17H22N8OS. The van der Waals surface area contributed by atoms with Crippen molar-refractivity contribution in [2.45, 2.75) is 39.3 Å². The van der Waals surface area contributed by atoms with Gasteiger partial charge in [-0.2, -0.15) is 9.78 Å². The Kier molecular flexibility index (Phi) is 5.54. The molecule has 3 rings (SSSR count). The molecule has 1 N–H and O–H groups in total. The number of nitrogens with zero attached hydrogens (tertiary/aromatic N) is 7. The van der Waals surface area contributed by atoms with Crippen molar-refractivity contribution in [3.8, 4) is 5.95 Å². The quantitative estimate of drug-likeness (QED) is 0.646. The second kappa shape index (κ2) is 7.87. The van der Waals surface area contributed by atoms with Crippen LogP contribution in [0.25, 0.3) is 5.95 Å². The number of anilines is 1. The molecule has 0 atom stereocenters. The third-order valence-corrected chi connectivity index (χ3v) is 4.85. The van der Waals surface area contributed by atoms with Gasteiger partial charge in [0, 0.05) is 30.9 Å². The minimum Gasteiger partial charge on any atom is -0.310 e. The number of rotatable bonds is 6. The summed E-state index contributed by atoms with van der Waals surface area (Å²) in [5, 5.41) is 16.2. The van der Waals surface area contributed by atoms with E-state index in [4.69, 9.17) is 0 Å². The summed E-state index contributed by atoms with van der Waals surface area (Å²) < 4.78 is 3.45. The van der Waals surface area contributed by atoms with Gasteiger partial charge in [0.05, 0.1) is 11.4 Å². The SMILES string of the molecule is CCc1nnc(SCC(=O)Nc2cc(C)nn2-c2nc(C)cc(C)n2)n1C. The summed E-state index contributed by atoms with van der Waals surface area (Å²) in [5.74, 6) is 1.91. The van der Waals surface area contributed by atoms with E-state index >= 15 is 0 Å². The molecule has 0 radical (unpaired) electrons. The Labute approximate surface area is 161 Å². The number of hydrogen-bond donors (Lipinski definition) is 1. The minimum absolute atomic E-state index is 0.161. The third kappa shape index (κ3) is 4.33. The van der Waals surface area contributed by atoms with Gasteiger partial charge >= 0.3 is 0 Å². The lowest BCUT2D eigenvalue weighted by Crippen LogP contribution is -2.18. The van der Waals surface area contributed by atoms with Crippen LogP contribution in [0, 0.1) is 20.8 Å². The first-order chi connectivity index (χ1) is 12.9. The molecule has 0 unspecified atom stereocenters. The van der Waals surface area contributed by atoms with E-state index in [0.29, 0.717) is 16.9 Å². The summed E-state index contributed by atoms with van der Waals surface area (Å²) in [5.41, 5.74) is 2.45. The lowest BCUT2D eigenvalue weighted by molar-refractivity contribution is -0.113. The van der Waals surface area contributed by atoms with Crippen molar-refractivity contribution >= 4 is 23.5 Å². The second-order valence-corrected chi connectivity index (χ2v) is 7.12. The van der Waals surface area contributed by atoms with E-state index in [1.807, 2.05) is 45.4 Å². The number of nitrogens with one attached hydrogen (secondary N) is 1. The van der Waals surface area contributed by atoms with E-state index in [2.05, 4.69) is 30.6 Å². The van der Waals surface area contributed by atoms with Crippen LogP contribution in [0.5, 0.6) is 0 Å². The van der Waals surface area contributed by atoms with Gasteiger partial charge in [0.1, 0.15) is 11.6 Å². The van der Waals surface area contributed by atoms with E-state index < -0.39 is 0 Å². The lowest BCUT2D eigenvalue weighted by atomic mass is 10.4. The molecule has 0 bridgehead atoms. The van der Waals surface area contributed by atoms with Crippen molar-refractivity contribution in [3.05, 3.63) is 35.0 Å². The van der Waals surface area contributed by atoms with Crippen LogP contribution in [0.2, 0.25) is 0 Å². The number of amides is 1. The molecule has 0 aliphatic rings. The maximum absolute atomic E-state index is 12.4. The summed E-state index contributed by atoms with van der Waals surface area (Å²) in [7, 11) is 1.90. The zero-order valence-corrected chi connectivity index (χ0v) is 16.8. The van der Waals surface area contributed by atoms with Crippen LogP contribution >= 0.6 is 11.8 Å². The lowest BCUT2D eigenvalue weighted by Gasteiger charge is -2.08. The molecule has 10 heteroatoms. The van der Waals surface area contributed by atoms with Gasteiger partial charge < -0.3 is 9.88 Å². The number of aryl methyl sites for hydroxylation is 4. The van der Waals surface area contributed by atoms with Crippen LogP contribution < -0.4 is 5.32 Å². The number of carbonyl (C=O) groups is 1. The van der Waals surface area contributed by atoms with Crippen LogP contribution in [0.4, 0.5) is 5.82 Å². The fourth-order valence-electron chi connectivity index (χ4n) is 2.63. The molecule has 0 aromatic carbocycles. The summed E-state index contributed by atoms with van der Waals surface area (Å²) >= 11 is 1.34. The zero-order valence-electron chi connectivity index (χ0n) is 16.0. The van der Waals surface area contributed by atoms with E-state index in [1.165, 1.54) is 11.8 Å². The highest BCUT2D eigenvalue weighted by Crippen LogP contribution is 2.18. The molecule has 9 nitrogen and oxygen atoms in total. The molecule has 0 aliphatic heterocycles. The van der Waals surface area contributed by atoms with Crippen molar-refractivity contribution in [2.24, 2.45) is 7.05 Å². The Morgan fingerprint density at radius 2 is 1.81 bits per heavy atom.